The lowest BCUT2D eigenvalue weighted by Gasteiger charge is -2.29. The number of nitrogens with zero attached hydrogens (tertiary/aromatic N) is 15. The molecule has 9 heterocycles. The van der Waals surface area contributed by atoms with Crippen LogP contribution in [-0.4, -0.2) is 218 Å². The van der Waals surface area contributed by atoms with Gasteiger partial charge >= 0.3 is 0 Å². The maximum absolute atomic E-state index is 12.1. The fourth-order valence-corrected chi connectivity index (χ4v) is 15.2. The number of nitriles is 4. The number of aromatic nitrogens is 8. The van der Waals surface area contributed by atoms with E-state index in [0.29, 0.717) is 159 Å². The number of carbonyl (C=O) groups excluding carboxylic acids is 5. The molecular formula is C101H102N24O12. The number of benzene rings is 8. The SMILES string of the molecule is CC(C)NC(=O)c1ccc(Nc2ccnc(-c3ccc(O[C@@H]4CCN(C(=O)CO)C4)c(C#N)c3)n2)cc1.CC(C)NC(=O)c1ccc(Nc2ccnc(-c3ccc(O[C@@H]4CCNC4)c(C#N)c3)n2)cc1.N#Cc1cc(-c2nccc(Nc3ccc(C(N)=O)cc3)n2)ccc1O[C@@H]1CCN(C(=O)CO)C1.N#Cc1cc(-c2nccc(Nc3cccc(N4CCOCC4)c3)n2)ccc1O[C@@H]1CCNC1. The van der Waals surface area contributed by atoms with Gasteiger partial charge in [0, 0.05) is 156 Å². The number of hydrogen-bond acceptors (Lipinski definition) is 31. The summed E-state index contributed by atoms with van der Waals surface area (Å²) < 4.78 is 29.4. The number of hydrogen-bond donors (Lipinski definition) is 11. The van der Waals surface area contributed by atoms with E-state index >= 15 is 0 Å². The highest BCUT2D eigenvalue weighted by Gasteiger charge is 2.31. The van der Waals surface area contributed by atoms with Gasteiger partial charge in [0.25, 0.3) is 11.8 Å². The van der Waals surface area contributed by atoms with Crippen molar-refractivity contribution in [2.45, 2.75) is 89.9 Å². The second kappa shape index (κ2) is 47.2. The number of amides is 5. The highest BCUT2D eigenvalue weighted by Crippen LogP contribution is 2.35. The van der Waals surface area contributed by atoms with Gasteiger partial charge in [0.05, 0.1) is 48.6 Å². The number of aliphatic hydroxyl groups is 2. The molecule has 36 nitrogen and oxygen atoms in total. The van der Waals surface area contributed by atoms with Crippen molar-refractivity contribution in [1.29, 1.82) is 21.0 Å². The molecule has 5 aliphatic rings. The molecule has 4 atom stereocenters. The first kappa shape index (κ1) is 96.4. The van der Waals surface area contributed by atoms with E-state index in [0.717, 1.165) is 105 Å². The fraction of sp³-hybridized carbons (Fsp3) is 0.277. The van der Waals surface area contributed by atoms with Crippen LogP contribution in [0.2, 0.25) is 0 Å². The monoisotopic (exact) mass is 1840 g/mol. The van der Waals surface area contributed by atoms with Crippen LogP contribution in [0.4, 0.5) is 51.7 Å². The summed E-state index contributed by atoms with van der Waals surface area (Å²) in [7, 11) is 0. The van der Waals surface area contributed by atoms with Gasteiger partial charge in [0.2, 0.25) is 17.7 Å². The first-order chi connectivity index (χ1) is 66.6. The highest BCUT2D eigenvalue weighted by atomic mass is 16.5. The summed E-state index contributed by atoms with van der Waals surface area (Å²) >= 11 is 0. The third-order valence-corrected chi connectivity index (χ3v) is 22.1. The van der Waals surface area contributed by atoms with Crippen LogP contribution in [0.25, 0.3) is 45.6 Å². The van der Waals surface area contributed by atoms with E-state index < -0.39 is 19.1 Å². The van der Waals surface area contributed by atoms with E-state index in [1.807, 2.05) is 76.2 Å². The first-order valence-corrected chi connectivity index (χ1v) is 44.7. The lowest BCUT2D eigenvalue weighted by molar-refractivity contribution is -0.134. The zero-order valence-electron chi connectivity index (χ0n) is 75.7. The Hall–Kier alpha value is -16.6. The predicted molar refractivity (Wildman–Crippen MR) is 514 cm³/mol. The molecular weight excluding hydrogens is 1740 g/mol. The van der Waals surface area contributed by atoms with Crippen LogP contribution in [0.5, 0.6) is 23.0 Å². The number of morpholine rings is 1. The molecule has 12 aromatic rings. The zero-order chi connectivity index (χ0) is 96.1. The molecule has 36 heteroatoms. The predicted octanol–water partition coefficient (Wildman–Crippen LogP) is 11.7. The molecule has 5 aliphatic heterocycles. The first-order valence-electron chi connectivity index (χ1n) is 44.7. The number of nitrogens with two attached hydrogens (primary N) is 1. The summed E-state index contributed by atoms with van der Waals surface area (Å²) in [5.74, 6) is 4.90. The molecule has 5 fully saturated rings. The number of ether oxygens (including phenoxy) is 5. The van der Waals surface area contributed by atoms with E-state index in [2.05, 4.69) is 124 Å². The Kier molecular flexibility index (Phi) is 33.2. The van der Waals surface area contributed by atoms with E-state index in [-0.39, 0.29) is 60.1 Å². The Balaban J connectivity index is 0.000000146. The average molecular weight is 1840 g/mol. The molecule has 4 aromatic heterocycles. The normalized spacial score (nSPS) is 15.7. The van der Waals surface area contributed by atoms with Crippen LogP contribution in [0.15, 0.2) is 219 Å². The Morgan fingerprint density at radius 2 is 0.759 bits per heavy atom. The quantitative estimate of drug-likeness (QED) is 0.0217. The molecule has 698 valence electrons. The van der Waals surface area contributed by atoms with E-state index in [1.54, 1.807) is 168 Å². The van der Waals surface area contributed by atoms with Crippen LogP contribution in [0.1, 0.15) is 107 Å². The largest absolute Gasteiger partial charge is 0.488 e. The number of likely N-dealkylation sites (tertiary alicyclic amines) is 2. The van der Waals surface area contributed by atoms with Gasteiger partial charge in [-0.15, -0.1) is 0 Å². The number of aliphatic hydroxyl groups excluding tert-OH is 2. The molecule has 0 aliphatic carbocycles. The molecule has 5 saturated heterocycles. The third kappa shape index (κ3) is 26.9. The molecule has 17 rings (SSSR count). The van der Waals surface area contributed by atoms with Gasteiger partial charge in [-0.1, -0.05) is 6.07 Å². The topological polar surface area (TPSA) is 502 Å². The molecule has 0 unspecified atom stereocenters. The summed E-state index contributed by atoms with van der Waals surface area (Å²) in [6.45, 7) is 15.1. The minimum Gasteiger partial charge on any atom is -0.488 e. The standard InChI is InChI=1S/C27H28N6O4.2C25H26N6O2.C24H22N6O4/c1-17(2)30-27(36)18-3-6-21(7-4-18)31-24-9-11-29-26(32-24)19-5-8-23(20(13-19)14-28)37-22-10-12-33(15-22)25(35)16-34;26-16-19-14-18(4-5-23(19)33-22-6-8-27-17-22)25-28-9-7-24(30-25)29-20-2-1-3-21(15-20)31-10-12-32-13-11-31;1-16(2)29-25(32)17-3-6-20(7-4-17)30-23-10-12-28-24(31-23)18-5-8-22(19(13-18)14-26)33-21-9-11-27-15-21;25-12-17-11-16(3-6-20(17)34-19-8-10-30(13-19)22(32)14-31)24-27-9-7-21(29-24)28-18-4-1-15(2-5-18)23(26)33/h3-9,11,13,17,22,34H,10,12,15-16H2,1-2H3,(H,30,36)(H,29,31,32);1-5,7,9,14-15,22,27H,6,8,10-13,17H2,(H,28,29,30);3-8,10,12-13,16,21,27H,9,11,15H2,1-2H3,(H,29,32)(H,28,30,31);1-7,9,11,19,31H,8,10,13-14H2,(H2,26,33)(H,27,28,29)/t2*22-;21-;19-/m1111/s1. The van der Waals surface area contributed by atoms with Gasteiger partial charge in [0.1, 0.15) is 108 Å². The van der Waals surface area contributed by atoms with Gasteiger partial charge in [0.15, 0.2) is 23.3 Å². The van der Waals surface area contributed by atoms with Crippen molar-refractivity contribution in [3.63, 3.8) is 0 Å². The van der Waals surface area contributed by atoms with Gasteiger partial charge in [-0.25, -0.2) is 39.9 Å². The number of primary amides is 1. The van der Waals surface area contributed by atoms with Crippen molar-refractivity contribution in [3.8, 4) is 92.8 Å². The lowest BCUT2D eigenvalue weighted by atomic mass is 10.1. The third-order valence-electron chi connectivity index (χ3n) is 22.1. The summed E-state index contributed by atoms with van der Waals surface area (Å²) in [4.78, 5) is 100.0. The van der Waals surface area contributed by atoms with E-state index in [9.17, 15) is 45.0 Å². The summed E-state index contributed by atoms with van der Waals surface area (Å²) in [6, 6.07) is 66.3. The van der Waals surface area contributed by atoms with Crippen LogP contribution in [0, 0.1) is 45.3 Å². The smallest absolute Gasteiger partial charge is 0.251 e. The van der Waals surface area contributed by atoms with Gasteiger partial charge < -0.3 is 96.9 Å². The second-order valence-corrected chi connectivity index (χ2v) is 32.9. The van der Waals surface area contributed by atoms with Crippen LogP contribution >= 0.6 is 0 Å². The minimum atomic E-state index is -0.530. The lowest BCUT2D eigenvalue weighted by Crippen LogP contribution is -2.36. The maximum Gasteiger partial charge on any atom is 0.251 e. The van der Waals surface area contributed by atoms with Crippen molar-refractivity contribution < 1.29 is 57.9 Å². The van der Waals surface area contributed by atoms with Crippen LogP contribution in [-0.2, 0) is 14.3 Å². The van der Waals surface area contributed by atoms with Gasteiger partial charge in [-0.05, 0) is 242 Å². The molecule has 5 amide bonds. The molecule has 12 N–H and O–H groups in total. The van der Waals surface area contributed by atoms with Crippen molar-refractivity contribution in [2.75, 3.05) is 118 Å². The summed E-state index contributed by atoms with van der Waals surface area (Å²) in [5.41, 5.74) is 15.6. The van der Waals surface area contributed by atoms with Crippen molar-refractivity contribution in [1.82, 2.24) is 70.9 Å². The zero-order valence-corrected chi connectivity index (χ0v) is 75.7. The van der Waals surface area contributed by atoms with Crippen molar-refractivity contribution in [3.05, 3.63) is 258 Å². The molecule has 0 saturated carbocycles. The Morgan fingerprint density at radius 1 is 0.423 bits per heavy atom. The van der Waals surface area contributed by atoms with E-state index in [1.165, 1.54) is 0 Å². The van der Waals surface area contributed by atoms with Gasteiger partial charge in [-0.3, -0.25) is 24.0 Å². The highest BCUT2D eigenvalue weighted by molar-refractivity contribution is 5.96. The van der Waals surface area contributed by atoms with E-state index in [4.69, 9.17) is 39.6 Å². The molecule has 0 spiro atoms. The molecule has 0 bridgehead atoms. The Morgan fingerprint density at radius 3 is 1.07 bits per heavy atom. The Bertz CT molecular complexity index is 6430. The second-order valence-electron chi connectivity index (χ2n) is 32.9. The molecule has 137 heavy (non-hydrogen) atoms. The molecule has 0 radical (unpaired) electrons. The Labute approximate surface area is 791 Å². The van der Waals surface area contributed by atoms with Crippen molar-refractivity contribution in [2.24, 2.45) is 5.73 Å². The van der Waals surface area contributed by atoms with Gasteiger partial charge in [-0.2, -0.15) is 21.0 Å². The van der Waals surface area contributed by atoms with Crippen molar-refractivity contribution >= 4 is 81.2 Å². The minimum absolute atomic E-state index is 0.0579. The number of anilines is 9. The maximum atomic E-state index is 12.1. The number of carbonyl (C=O) groups is 5. The van der Waals surface area contributed by atoms with Crippen LogP contribution in [0.3, 0.4) is 0 Å². The van der Waals surface area contributed by atoms with Crippen LogP contribution < -0.4 is 72.1 Å². The summed E-state index contributed by atoms with van der Waals surface area (Å²) in [5, 5.41) is 81.8. The fourth-order valence-electron chi connectivity index (χ4n) is 15.2. The number of nitrogens with one attached hydrogen (secondary N) is 8. The average Bonchev–Trinajstić information content (AvgIpc) is 0.929. The summed E-state index contributed by atoms with van der Waals surface area (Å²) in [6.07, 6.45) is 9.39. The molecule has 8 aromatic carbocycles. The number of rotatable bonds is 28.